The zero-order valence-electron chi connectivity index (χ0n) is 10.6. The number of aryl methyl sites for hydroxylation is 1. The monoisotopic (exact) mass is 224 g/mol. The molecule has 1 rings (SSSR count). The van der Waals surface area contributed by atoms with Gasteiger partial charge >= 0.3 is 0 Å². The number of rotatable bonds is 5. The second-order valence-electron chi connectivity index (χ2n) is 4.35. The van der Waals surface area contributed by atoms with E-state index in [-0.39, 0.29) is 5.82 Å². The Morgan fingerprint density at radius 1 is 1.25 bits per heavy atom. The van der Waals surface area contributed by atoms with Gasteiger partial charge in [-0.05, 0) is 36.0 Å². The Hall–Kier alpha value is -1.05. The summed E-state index contributed by atoms with van der Waals surface area (Å²) in [7, 11) is 0. The van der Waals surface area contributed by atoms with Crippen LogP contribution in [-0.4, -0.2) is 6.61 Å². The lowest BCUT2D eigenvalue weighted by Gasteiger charge is -2.14. The third-order valence-corrected chi connectivity index (χ3v) is 2.64. The topological polar surface area (TPSA) is 9.23 Å². The normalized spacial score (nSPS) is 10.9. The van der Waals surface area contributed by atoms with Crippen molar-refractivity contribution in [2.75, 3.05) is 6.61 Å². The van der Waals surface area contributed by atoms with E-state index >= 15 is 0 Å². The average Bonchev–Trinajstić information content (AvgIpc) is 2.26. The van der Waals surface area contributed by atoms with Crippen LogP contribution < -0.4 is 4.74 Å². The first-order valence-electron chi connectivity index (χ1n) is 6.05. The number of benzene rings is 1. The summed E-state index contributed by atoms with van der Waals surface area (Å²) >= 11 is 0. The van der Waals surface area contributed by atoms with Crippen molar-refractivity contribution in [3.05, 3.63) is 29.1 Å². The molecule has 0 spiro atoms. The SMILES string of the molecule is CCCOc1c(F)cc(C(C)C)cc1CC. The van der Waals surface area contributed by atoms with Crippen molar-refractivity contribution in [1.29, 1.82) is 0 Å². The molecule has 1 aromatic carbocycles. The summed E-state index contributed by atoms with van der Waals surface area (Å²) in [5, 5.41) is 0. The van der Waals surface area contributed by atoms with E-state index in [0.717, 1.165) is 24.0 Å². The highest BCUT2D eigenvalue weighted by molar-refractivity contribution is 5.39. The van der Waals surface area contributed by atoms with E-state index in [2.05, 4.69) is 19.9 Å². The predicted octanol–water partition coefficient (Wildman–Crippen LogP) is 4.30. The fourth-order valence-corrected chi connectivity index (χ4v) is 1.64. The summed E-state index contributed by atoms with van der Waals surface area (Å²) in [5.74, 6) is 0.560. The van der Waals surface area contributed by atoms with Crippen LogP contribution in [0.3, 0.4) is 0 Å². The molecule has 16 heavy (non-hydrogen) atoms. The van der Waals surface area contributed by atoms with Gasteiger partial charge in [-0.25, -0.2) is 4.39 Å². The molecular weight excluding hydrogens is 203 g/mol. The molecule has 0 aromatic heterocycles. The van der Waals surface area contributed by atoms with E-state index < -0.39 is 0 Å². The largest absolute Gasteiger partial charge is 0.490 e. The van der Waals surface area contributed by atoms with Gasteiger partial charge in [-0.2, -0.15) is 0 Å². The minimum atomic E-state index is -0.225. The number of hydrogen-bond donors (Lipinski definition) is 0. The van der Waals surface area contributed by atoms with Gasteiger partial charge in [-0.15, -0.1) is 0 Å². The molecule has 0 heterocycles. The molecule has 0 saturated carbocycles. The van der Waals surface area contributed by atoms with Crippen molar-refractivity contribution in [2.24, 2.45) is 0 Å². The molecule has 1 aromatic rings. The molecule has 0 unspecified atom stereocenters. The van der Waals surface area contributed by atoms with Crippen molar-refractivity contribution < 1.29 is 9.13 Å². The van der Waals surface area contributed by atoms with Gasteiger partial charge in [0, 0.05) is 0 Å². The standard InChI is InChI=1S/C14H21FO/c1-5-7-16-14-11(6-2)8-12(10(3)4)9-13(14)15/h8-10H,5-7H2,1-4H3. The van der Waals surface area contributed by atoms with Crippen LogP contribution in [0.2, 0.25) is 0 Å². The average molecular weight is 224 g/mol. The maximum atomic E-state index is 13.9. The second kappa shape index (κ2) is 5.88. The molecule has 0 N–H and O–H groups in total. The van der Waals surface area contributed by atoms with Crippen LogP contribution in [-0.2, 0) is 6.42 Å². The van der Waals surface area contributed by atoms with Crippen molar-refractivity contribution in [3.63, 3.8) is 0 Å². The Balaban J connectivity index is 3.07. The summed E-state index contributed by atoms with van der Waals surface area (Å²) in [6.45, 7) is 8.76. The van der Waals surface area contributed by atoms with Crippen LogP contribution in [0.5, 0.6) is 5.75 Å². The van der Waals surface area contributed by atoms with Gasteiger partial charge in [-0.3, -0.25) is 0 Å². The molecule has 0 amide bonds. The summed E-state index contributed by atoms with van der Waals surface area (Å²) in [6.07, 6.45) is 1.70. The fourth-order valence-electron chi connectivity index (χ4n) is 1.64. The van der Waals surface area contributed by atoms with Gasteiger partial charge in [-0.1, -0.05) is 33.8 Å². The maximum Gasteiger partial charge on any atom is 0.165 e. The minimum absolute atomic E-state index is 0.225. The highest BCUT2D eigenvalue weighted by atomic mass is 19.1. The molecule has 1 nitrogen and oxygen atoms in total. The smallest absolute Gasteiger partial charge is 0.165 e. The van der Waals surface area contributed by atoms with Crippen molar-refractivity contribution in [1.82, 2.24) is 0 Å². The van der Waals surface area contributed by atoms with E-state index in [1.807, 2.05) is 13.8 Å². The molecule has 0 aliphatic heterocycles. The molecule has 0 atom stereocenters. The van der Waals surface area contributed by atoms with E-state index in [4.69, 9.17) is 4.74 Å². The molecule has 90 valence electrons. The first-order chi connectivity index (χ1) is 7.60. The molecule has 0 aliphatic carbocycles. The van der Waals surface area contributed by atoms with Crippen LogP contribution in [0.4, 0.5) is 4.39 Å². The van der Waals surface area contributed by atoms with Crippen LogP contribution in [0.1, 0.15) is 51.2 Å². The Labute approximate surface area is 97.6 Å². The van der Waals surface area contributed by atoms with E-state index in [1.165, 1.54) is 0 Å². The minimum Gasteiger partial charge on any atom is -0.490 e. The van der Waals surface area contributed by atoms with Gasteiger partial charge in [0.15, 0.2) is 11.6 Å². The van der Waals surface area contributed by atoms with Gasteiger partial charge in [0.05, 0.1) is 6.61 Å². The van der Waals surface area contributed by atoms with Gasteiger partial charge in [0.2, 0.25) is 0 Å². The lowest BCUT2D eigenvalue weighted by Crippen LogP contribution is -2.03. The lowest BCUT2D eigenvalue weighted by molar-refractivity contribution is 0.298. The van der Waals surface area contributed by atoms with Crippen molar-refractivity contribution in [2.45, 2.75) is 46.5 Å². The number of hydrogen-bond acceptors (Lipinski definition) is 1. The molecule has 0 radical (unpaired) electrons. The Bertz CT molecular complexity index is 345. The third-order valence-electron chi connectivity index (χ3n) is 2.64. The van der Waals surface area contributed by atoms with Crippen molar-refractivity contribution in [3.8, 4) is 5.75 Å². The predicted molar refractivity (Wildman–Crippen MR) is 65.7 cm³/mol. The molecule has 0 saturated heterocycles. The first-order valence-corrected chi connectivity index (χ1v) is 6.05. The molecule has 0 aliphatic rings. The van der Waals surface area contributed by atoms with Crippen LogP contribution in [0, 0.1) is 5.82 Å². The zero-order chi connectivity index (χ0) is 12.1. The highest BCUT2D eigenvalue weighted by Crippen LogP contribution is 2.28. The van der Waals surface area contributed by atoms with Crippen LogP contribution in [0.15, 0.2) is 12.1 Å². The first kappa shape index (κ1) is 13.0. The number of ether oxygens (including phenoxy) is 1. The molecule has 0 fully saturated rings. The Morgan fingerprint density at radius 2 is 1.94 bits per heavy atom. The molecule has 0 bridgehead atoms. The summed E-state index contributed by atoms with van der Waals surface area (Å²) in [4.78, 5) is 0. The van der Waals surface area contributed by atoms with Crippen LogP contribution in [0.25, 0.3) is 0 Å². The van der Waals surface area contributed by atoms with E-state index in [1.54, 1.807) is 6.07 Å². The Morgan fingerprint density at radius 3 is 2.44 bits per heavy atom. The van der Waals surface area contributed by atoms with E-state index in [0.29, 0.717) is 18.3 Å². The fraction of sp³-hybridized carbons (Fsp3) is 0.571. The van der Waals surface area contributed by atoms with Gasteiger partial charge in [0.25, 0.3) is 0 Å². The molecule has 2 heteroatoms. The van der Waals surface area contributed by atoms with Gasteiger partial charge < -0.3 is 4.74 Å². The molecular formula is C14H21FO. The quantitative estimate of drug-likeness (QED) is 0.724. The zero-order valence-corrected chi connectivity index (χ0v) is 10.6. The van der Waals surface area contributed by atoms with Crippen molar-refractivity contribution >= 4 is 0 Å². The van der Waals surface area contributed by atoms with Gasteiger partial charge in [0.1, 0.15) is 0 Å². The number of halogens is 1. The summed E-state index contributed by atoms with van der Waals surface area (Å²) < 4.78 is 19.3. The van der Waals surface area contributed by atoms with E-state index in [9.17, 15) is 4.39 Å². The summed E-state index contributed by atoms with van der Waals surface area (Å²) in [6, 6.07) is 3.65. The second-order valence-corrected chi connectivity index (χ2v) is 4.35. The lowest BCUT2D eigenvalue weighted by atomic mass is 9.99. The summed E-state index contributed by atoms with van der Waals surface area (Å²) in [5.41, 5.74) is 2.01. The third kappa shape index (κ3) is 2.97. The van der Waals surface area contributed by atoms with Crippen LogP contribution >= 0.6 is 0 Å². The Kier molecular flexibility index (Phi) is 4.78. The highest BCUT2D eigenvalue weighted by Gasteiger charge is 2.12. The maximum absolute atomic E-state index is 13.9.